The maximum atomic E-state index is 13.7. The van der Waals surface area contributed by atoms with Crippen molar-refractivity contribution < 1.29 is 4.39 Å². The summed E-state index contributed by atoms with van der Waals surface area (Å²) in [5.41, 5.74) is 0.290. The lowest BCUT2D eigenvalue weighted by Crippen LogP contribution is -2.21. The minimum absolute atomic E-state index is 0.110. The van der Waals surface area contributed by atoms with Crippen LogP contribution in [0, 0.1) is 5.82 Å². The van der Waals surface area contributed by atoms with Crippen molar-refractivity contribution in [1.29, 1.82) is 0 Å². The molecule has 0 bridgehead atoms. The van der Waals surface area contributed by atoms with Gasteiger partial charge in [0, 0.05) is 27.8 Å². The number of thioether (sulfide) groups is 1. The fourth-order valence-corrected chi connectivity index (χ4v) is 3.96. The minimum atomic E-state index is -0.417. The third-order valence-corrected chi connectivity index (χ3v) is 4.97. The van der Waals surface area contributed by atoms with Crippen LogP contribution in [0.25, 0.3) is 0 Å². The largest absolute Gasteiger partial charge is 0.293 e. The van der Waals surface area contributed by atoms with Crippen molar-refractivity contribution in [2.75, 3.05) is 0 Å². The average Bonchev–Trinajstić information content (AvgIpc) is 2.79. The number of nitrogens with zero attached hydrogens (tertiary/aromatic N) is 3. The highest BCUT2D eigenvalue weighted by Crippen LogP contribution is 2.38. The quantitative estimate of drug-likeness (QED) is 0.800. The van der Waals surface area contributed by atoms with E-state index in [4.69, 9.17) is 11.6 Å². The Balaban J connectivity index is 2.07. The normalized spacial score (nSPS) is 17.8. The maximum Gasteiger partial charge on any atom is 0.210 e. The Morgan fingerprint density at radius 1 is 1.47 bits per heavy atom. The van der Waals surface area contributed by atoms with Crippen LogP contribution < -0.4 is 4.80 Å². The lowest BCUT2D eigenvalue weighted by atomic mass is 10.2. The van der Waals surface area contributed by atoms with E-state index in [9.17, 15) is 4.39 Å². The molecule has 1 aromatic carbocycles. The van der Waals surface area contributed by atoms with Gasteiger partial charge in [-0.15, -0.1) is 0 Å². The number of fused-ring (bicyclic) bond motifs is 1. The van der Waals surface area contributed by atoms with Gasteiger partial charge in [0.25, 0.3) is 0 Å². The summed E-state index contributed by atoms with van der Waals surface area (Å²) in [4.78, 5) is 5.07. The fraction of sp³-hybridized carbons (Fsp3) is 0.333. The Labute approximate surface area is 123 Å². The van der Waals surface area contributed by atoms with Crippen LogP contribution in [0.15, 0.2) is 28.3 Å². The zero-order valence-corrected chi connectivity index (χ0v) is 12.7. The molecular weight excluding hydrogens is 305 g/mol. The van der Waals surface area contributed by atoms with Crippen LogP contribution in [0.5, 0.6) is 0 Å². The summed E-state index contributed by atoms with van der Waals surface area (Å²) in [5, 5.41) is 1.32. The van der Waals surface area contributed by atoms with Crippen molar-refractivity contribution in [2.45, 2.75) is 30.3 Å². The number of benzene rings is 1. The standard InChI is InChI=1S/C12H11ClFN3S2/c1-12(2)6-17-10(19-16-11(17)18-12)15-9-4-3-7(13)5-8(9)14/h3-5H,6H2,1-2H3. The molecule has 1 aliphatic heterocycles. The van der Waals surface area contributed by atoms with E-state index in [-0.39, 0.29) is 10.4 Å². The molecule has 2 aromatic rings. The number of hydrogen-bond acceptors (Lipinski definition) is 4. The first-order valence-electron chi connectivity index (χ1n) is 5.70. The summed E-state index contributed by atoms with van der Waals surface area (Å²) in [6.45, 7) is 5.14. The van der Waals surface area contributed by atoms with Crippen molar-refractivity contribution in [1.82, 2.24) is 8.94 Å². The second-order valence-corrected chi connectivity index (χ2v) is 7.74. The van der Waals surface area contributed by atoms with Gasteiger partial charge in [-0.25, -0.2) is 9.38 Å². The molecule has 3 nitrogen and oxygen atoms in total. The molecule has 0 spiro atoms. The van der Waals surface area contributed by atoms with Gasteiger partial charge in [0.2, 0.25) is 4.80 Å². The smallest absolute Gasteiger partial charge is 0.210 e. The molecule has 0 atom stereocenters. The summed E-state index contributed by atoms with van der Waals surface area (Å²) < 4.78 is 20.2. The topological polar surface area (TPSA) is 30.2 Å². The van der Waals surface area contributed by atoms with E-state index in [0.717, 1.165) is 11.7 Å². The Hall–Kier alpha value is -0.850. The van der Waals surface area contributed by atoms with Crippen LogP contribution in [0.4, 0.5) is 10.1 Å². The molecule has 0 saturated carbocycles. The van der Waals surface area contributed by atoms with E-state index in [0.29, 0.717) is 9.82 Å². The van der Waals surface area contributed by atoms with Crippen LogP contribution >= 0.6 is 34.9 Å². The van der Waals surface area contributed by atoms with Crippen molar-refractivity contribution >= 4 is 40.6 Å². The Bertz CT molecular complexity index is 705. The molecule has 0 N–H and O–H groups in total. The molecule has 0 saturated heterocycles. The van der Waals surface area contributed by atoms with Crippen LogP contribution in [-0.4, -0.2) is 13.7 Å². The van der Waals surface area contributed by atoms with Crippen molar-refractivity contribution in [3.05, 3.63) is 33.8 Å². The third-order valence-electron chi connectivity index (χ3n) is 2.70. The zero-order valence-electron chi connectivity index (χ0n) is 10.4. The molecule has 0 aliphatic carbocycles. The van der Waals surface area contributed by atoms with E-state index in [1.807, 2.05) is 4.57 Å². The van der Waals surface area contributed by atoms with Gasteiger partial charge in [-0.3, -0.25) is 4.57 Å². The van der Waals surface area contributed by atoms with Gasteiger partial charge < -0.3 is 0 Å². The van der Waals surface area contributed by atoms with Gasteiger partial charge in [-0.05, 0) is 32.0 Å². The molecule has 0 radical (unpaired) electrons. The number of aromatic nitrogens is 2. The first kappa shape index (κ1) is 13.1. The molecule has 1 aromatic heterocycles. The van der Waals surface area contributed by atoms with Gasteiger partial charge in [0.15, 0.2) is 5.16 Å². The summed E-state index contributed by atoms with van der Waals surface area (Å²) in [5.74, 6) is -0.417. The molecule has 3 rings (SSSR count). The van der Waals surface area contributed by atoms with Crippen LogP contribution in [0.2, 0.25) is 5.02 Å². The maximum absolute atomic E-state index is 13.7. The first-order chi connectivity index (χ1) is 8.94. The molecule has 0 unspecified atom stereocenters. The van der Waals surface area contributed by atoms with Crippen LogP contribution in [-0.2, 0) is 6.54 Å². The molecular formula is C12H11ClFN3S2. The predicted octanol–water partition coefficient (Wildman–Crippen LogP) is 3.85. The van der Waals surface area contributed by atoms with E-state index in [2.05, 4.69) is 23.2 Å². The summed E-state index contributed by atoms with van der Waals surface area (Å²) in [6, 6.07) is 4.48. The Morgan fingerprint density at radius 3 is 3.00 bits per heavy atom. The van der Waals surface area contributed by atoms with Gasteiger partial charge in [0.1, 0.15) is 11.5 Å². The van der Waals surface area contributed by atoms with E-state index >= 15 is 0 Å². The highest BCUT2D eigenvalue weighted by molar-refractivity contribution is 8.00. The number of hydrogen-bond donors (Lipinski definition) is 0. The van der Waals surface area contributed by atoms with Crippen LogP contribution in [0.1, 0.15) is 13.8 Å². The van der Waals surface area contributed by atoms with Gasteiger partial charge in [0.05, 0.1) is 0 Å². The first-order valence-corrected chi connectivity index (χ1v) is 7.67. The van der Waals surface area contributed by atoms with E-state index in [1.54, 1.807) is 23.9 Å². The summed E-state index contributed by atoms with van der Waals surface area (Å²) >= 11 is 8.74. The van der Waals surface area contributed by atoms with Crippen molar-refractivity contribution in [2.24, 2.45) is 4.99 Å². The second kappa shape index (κ2) is 4.61. The highest BCUT2D eigenvalue weighted by Gasteiger charge is 2.31. The van der Waals surface area contributed by atoms with Crippen molar-refractivity contribution in [3.8, 4) is 0 Å². The average molecular weight is 316 g/mol. The zero-order chi connectivity index (χ0) is 13.6. The van der Waals surface area contributed by atoms with E-state index in [1.165, 1.54) is 17.6 Å². The Kier molecular flexibility index (Phi) is 3.19. The Morgan fingerprint density at radius 2 is 2.26 bits per heavy atom. The molecule has 0 amide bonds. The van der Waals surface area contributed by atoms with Crippen molar-refractivity contribution in [3.63, 3.8) is 0 Å². The third kappa shape index (κ3) is 2.57. The summed E-state index contributed by atoms with van der Waals surface area (Å²) in [7, 11) is 0. The minimum Gasteiger partial charge on any atom is -0.293 e. The number of halogens is 2. The second-order valence-electron chi connectivity index (χ2n) is 4.90. The van der Waals surface area contributed by atoms with Gasteiger partial charge in [-0.1, -0.05) is 23.4 Å². The SMILES string of the molecule is CC1(C)Cn2c(nsc2=Nc2ccc(Cl)cc2F)S1. The monoisotopic (exact) mass is 315 g/mol. The number of rotatable bonds is 1. The molecule has 1 aliphatic rings. The molecule has 100 valence electrons. The fourth-order valence-electron chi connectivity index (χ4n) is 1.89. The molecule has 2 heterocycles. The van der Waals surface area contributed by atoms with Gasteiger partial charge >= 0.3 is 0 Å². The van der Waals surface area contributed by atoms with Gasteiger partial charge in [-0.2, -0.15) is 4.37 Å². The molecule has 19 heavy (non-hydrogen) atoms. The molecule has 0 fully saturated rings. The lowest BCUT2D eigenvalue weighted by Gasteiger charge is -2.12. The lowest BCUT2D eigenvalue weighted by molar-refractivity contribution is 0.554. The highest BCUT2D eigenvalue weighted by atomic mass is 35.5. The summed E-state index contributed by atoms with van der Waals surface area (Å²) in [6.07, 6.45) is 0. The van der Waals surface area contributed by atoms with Crippen LogP contribution in [0.3, 0.4) is 0 Å². The molecule has 7 heteroatoms. The van der Waals surface area contributed by atoms with E-state index < -0.39 is 5.82 Å². The predicted molar refractivity (Wildman–Crippen MR) is 76.7 cm³/mol.